The van der Waals surface area contributed by atoms with Crippen LogP contribution >= 0.6 is 0 Å². The summed E-state index contributed by atoms with van der Waals surface area (Å²) in [5, 5.41) is 11.3. The minimum Gasteiger partial charge on any atom is -0.493 e. The Bertz CT molecular complexity index is 1670. The fourth-order valence-electron chi connectivity index (χ4n) is 4.37. The summed E-state index contributed by atoms with van der Waals surface area (Å²) >= 11 is 0. The molecule has 0 aliphatic rings. The highest BCUT2D eigenvalue weighted by atomic mass is 32.2. The van der Waals surface area contributed by atoms with Crippen LogP contribution in [0.25, 0.3) is 11.1 Å². The fourth-order valence-corrected chi connectivity index (χ4v) is 5.72. The first kappa shape index (κ1) is 29.0. The van der Waals surface area contributed by atoms with Crippen LogP contribution in [0.4, 0.5) is 8.78 Å². The average molecular weight is 572 g/mol. The van der Waals surface area contributed by atoms with Gasteiger partial charge in [-0.1, -0.05) is 18.2 Å². The van der Waals surface area contributed by atoms with Gasteiger partial charge in [0, 0.05) is 37.2 Å². The van der Waals surface area contributed by atoms with Crippen molar-refractivity contribution in [2.24, 2.45) is 0 Å². The number of aryl methyl sites for hydroxylation is 1. The van der Waals surface area contributed by atoms with Crippen LogP contribution in [0.5, 0.6) is 5.88 Å². The van der Waals surface area contributed by atoms with Crippen LogP contribution in [-0.2, 0) is 25.9 Å². The first-order valence-corrected chi connectivity index (χ1v) is 13.7. The lowest BCUT2D eigenvalue weighted by atomic mass is 10.1. The number of halogens is 2. The molecule has 0 bridgehead atoms. The van der Waals surface area contributed by atoms with Gasteiger partial charge in [-0.25, -0.2) is 17.2 Å². The van der Waals surface area contributed by atoms with Gasteiger partial charge in [-0.2, -0.15) is 4.98 Å². The van der Waals surface area contributed by atoms with Gasteiger partial charge in [-0.3, -0.25) is 14.3 Å². The second-order valence-electron chi connectivity index (χ2n) is 8.83. The molecule has 0 aliphatic carbocycles. The molecule has 0 fully saturated rings. The number of pyridine rings is 1. The van der Waals surface area contributed by atoms with Gasteiger partial charge in [0.05, 0.1) is 17.5 Å². The number of hydrogen-bond donors (Lipinski definition) is 1. The summed E-state index contributed by atoms with van der Waals surface area (Å²) in [6, 6.07) is 10.9. The summed E-state index contributed by atoms with van der Waals surface area (Å²) in [7, 11) is -3.29. The number of rotatable bonds is 10. The van der Waals surface area contributed by atoms with Crippen LogP contribution in [0.3, 0.4) is 0 Å². The van der Waals surface area contributed by atoms with E-state index < -0.39 is 43.8 Å². The molecule has 210 valence electrons. The van der Waals surface area contributed by atoms with Gasteiger partial charge in [-0.15, -0.1) is 0 Å². The minimum atomic E-state index is -4.61. The normalized spacial score (nSPS) is 12.4. The lowest BCUT2D eigenvalue weighted by molar-refractivity contribution is 0.114. The van der Waals surface area contributed by atoms with E-state index in [1.54, 1.807) is 31.3 Å². The van der Waals surface area contributed by atoms with Gasteiger partial charge in [0.25, 0.3) is 5.56 Å². The maximum absolute atomic E-state index is 14.1. The van der Waals surface area contributed by atoms with Gasteiger partial charge < -0.3 is 14.6 Å². The predicted molar refractivity (Wildman–Crippen MR) is 142 cm³/mol. The monoisotopic (exact) mass is 571 g/mol. The van der Waals surface area contributed by atoms with E-state index in [2.05, 4.69) is 9.97 Å². The molecule has 4 rings (SSSR count). The summed E-state index contributed by atoms with van der Waals surface area (Å²) in [6.45, 7) is 3.17. The Balaban J connectivity index is 1.90. The van der Waals surface area contributed by atoms with E-state index in [1.165, 1.54) is 19.2 Å². The molecule has 0 radical (unpaired) electrons. The highest BCUT2D eigenvalue weighted by Crippen LogP contribution is 2.33. The third kappa shape index (κ3) is 5.79. The zero-order valence-electron chi connectivity index (χ0n) is 22.0. The maximum Gasteiger partial charge on any atom is 0.296 e. The summed E-state index contributed by atoms with van der Waals surface area (Å²) in [4.78, 5) is 20.0. The Kier molecular flexibility index (Phi) is 8.72. The standard InChI is InChI=1S/C28H27F2N3O6S/c1-4-39-16-25-32-27(34)26(28(35)33(25)24(15-38-3)19-12-20(29)14-21(30)13-19)40(36,37)22-9-7-18(8-10-22)23-6-5-11-31-17(23)2/h5-14,24,35H,4,15-16H2,1-3H3. The number of sulfone groups is 1. The van der Waals surface area contributed by atoms with Crippen molar-refractivity contribution in [3.05, 3.63) is 99.9 Å². The average Bonchev–Trinajstić information content (AvgIpc) is 2.90. The van der Waals surface area contributed by atoms with Crippen molar-refractivity contribution >= 4 is 9.84 Å². The van der Waals surface area contributed by atoms with Crippen LogP contribution in [0.15, 0.2) is 75.4 Å². The summed E-state index contributed by atoms with van der Waals surface area (Å²) in [5.41, 5.74) is 1.04. The number of benzene rings is 2. The van der Waals surface area contributed by atoms with Gasteiger partial charge in [0.15, 0.2) is 4.90 Å². The smallest absolute Gasteiger partial charge is 0.296 e. The summed E-state index contributed by atoms with van der Waals surface area (Å²) < 4.78 is 67.3. The van der Waals surface area contributed by atoms with Crippen molar-refractivity contribution in [2.45, 2.75) is 36.3 Å². The van der Waals surface area contributed by atoms with Crippen molar-refractivity contribution in [2.75, 3.05) is 20.3 Å². The molecule has 40 heavy (non-hydrogen) atoms. The van der Waals surface area contributed by atoms with Crippen LogP contribution in [-0.4, -0.2) is 48.4 Å². The molecule has 12 heteroatoms. The molecule has 0 saturated carbocycles. The lowest BCUT2D eigenvalue weighted by Gasteiger charge is -2.25. The molecule has 2 aromatic heterocycles. The molecule has 2 aromatic carbocycles. The number of hydrogen-bond acceptors (Lipinski definition) is 8. The number of methoxy groups -OCH3 is 1. The van der Waals surface area contributed by atoms with E-state index in [4.69, 9.17) is 9.47 Å². The van der Waals surface area contributed by atoms with Gasteiger partial charge >= 0.3 is 0 Å². The van der Waals surface area contributed by atoms with E-state index in [-0.39, 0.29) is 36.1 Å². The SMILES string of the molecule is CCOCc1nc(=O)c(S(=O)(=O)c2ccc(-c3cccnc3C)cc2)c(O)n1C(COC)c1cc(F)cc(F)c1. The number of aromatic hydroxyl groups is 1. The van der Waals surface area contributed by atoms with E-state index in [9.17, 15) is 27.1 Å². The minimum absolute atomic E-state index is 0.0115. The van der Waals surface area contributed by atoms with E-state index >= 15 is 0 Å². The van der Waals surface area contributed by atoms with E-state index in [0.717, 1.165) is 28.0 Å². The third-order valence-electron chi connectivity index (χ3n) is 6.23. The Morgan fingerprint density at radius 2 is 1.75 bits per heavy atom. The quantitative estimate of drug-likeness (QED) is 0.301. The molecule has 0 saturated heterocycles. The lowest BCUT2D eigenvalue weighted by Crippen LogP contribution is -2.29. The van der Waals surface area contributed by atoms with Gasteiger partial charge in [0.2, 0.25) is 15.7 Å². The van der Waals surface area contributed by atoms with Crippen LogP contribution in [0.2, 0.25) is 0 Å². The highest BCUT2D eigenvalue weighted by molar-refractivity contribution is 7.91. The first-order chi connectivity index (χ1) is 19.1. The number of aromatic nitrogens is 3. The Hall–Kier alpha value is -4.00. The van der Waals surface area contributed by atoms with Crippen molar-refractivity contribution in [3.63, 3.8) is 0 Å². The molecule has 1 unspecified atom stereocenters. The molecule has 4 aromatic rings. The van der Waals surface area contributed by atoms with Crippen molar-refractivity contribution in [1.29, 1.82) is 0 Å². The Labute approximate surface area is 229 Å². The number of nitrogens with zero attached hydrogens (tertiary/aromatic N) is 3. The predicted octanol–water partition coefficient (Wildman–Crippen LogP) is 4.20. The largest absolute Gasteiger partial charge is 0.493 e. The zero-order valence-corrected chi connectivity index (χ0v) is 22.8. The van der Waals surface area contributed by atoms with Crippen LogP contribution in [0.1, 0.15) is 30.0 Å². The molecule has 0 amide bonds. The van der Waals surface area contributed by atoms with Crippen molar-refractivity contribution in [3.8, 4) is 17.0 Å². The van der Waals surface area contributed by atoms with E-state index in [0.29, 0.717) is 11.6 Å². The molecular formula is C28H27F2N3O6S. The Morgan fingerprint density at radius 1 is 1.07 bits per heavy atom. The van der Waals surface area contributed by atoms with Crippen molar-refractivity contribution < 1.29 is 31.8 Å². The van der Waals surface area contributed by atoms with Gasteiger partial charge in [-0.05, 0) is 55.3 Å². The molecule has 0 spiro atoms. The number of ether oxygens (including phenoxy) is 2. The molecule has 2 heterocycles. The summed E-state index contributed by atoms with van der Waals surface area (Å²) in [6.07, 6.45) is 1.64. The molecule has 9 nitrogen and oxygen atoms in total. The first-order valence-electron chi connectivity index (χ1n) is 12.2. The Morgan fingerprint density at radius 3 is 2.35 bits per heavy atom. The van der Waals surface area contributed by atoms with Crippen molar-refractivity contribution in [1.82, 2.24) is 14.5 Å². The molecular weight excluding hydrogens is 544 g/mol. The second-order valence-corrected chi connectivity index (χ2v) is 10.7. The third-order valence-corrected chi connectivity index (χ3v) is 8.01. The second kappa shape index (κ2) is 12.0. The molecule has 1 atom stereocenters. The van der Waals surface area contributed by atoms with Crippen LogP contribution < -0.4 is 5.56 Å². The van der Waals surface area contributed by atoms with Gasteiger partial charge in [0.1, 0.15) is 24.1 Å². The van der Waals surface area contributed by atoms with Crippen LogP contribution in [0, 0.1) is 18.6 Å². The maximum atomic E-state index is 14.1. The molecule has 1 N–H and O–H groups in total. The highest BCUT2D eigenvalue weighted by Gasteiger charge is 2.32. The topological polar surface area (TPSA) is 121 Å². The fraction of sp³-hybridized carbons (Fsp3) is 0.250. The zero-order chi connectivity index (χ0) is 29.0. The molecule has 0 aliphatic heterocycles. The van der Waals surface area contributed by atoms with E-state index in [1.807, 2.05) is 13.0 Å². The summed E-state index contributed by atoms with van der Waals surface area (Å²) in [5.74, 6) is -2.91.